The molecule has 0 saturated heterocycles. The molecule has 0 fully saturated rings. The molecule has 0 radical (unpaired) electrons. The molecule has 0 rings (SSSR count). The average molecular weight is 272 g/mol. The molecule has 0 aromatic heterocycles. The topological polar surface area (TPSA) is 46.5 Å². The lowest BCUT2D eigenvalue weighted by molar-refractivity contribution is -0.243. The molecule has 0 heterocycles. The maximum Gasteiger partial charge on any atom is 0.345 e. The minimum Gasteiger partial charge on any atom is -0.301 e. The quantitative estimate of drug-likeness (QED) is 0.407. The van der Waals surface area contributed by atoms with Crippen LogP contribution in [-0.4, -0.2) is 11.2 Å². The van der Waals surface area contributed by atoms with Gasteiger partial charge in [0.15, 0.2) is 0 Å². The molecular formula is C16H32O3. The molecule has 0 spiro atoms. The molecule has 0 aliphatic heterocycles. The van der Waals surface area contributed by atoms with E-state index in [-0.39, 0.29) is 11.3 Å². The molecule has 0 aromatic rings. The number of unbranched alkanes of at least 4 members (excludes halogenated alkanes) is 1. The fourth-order valence-electron chi connectivity index (χ4n) is 2.26. The Morgan fingerprint density at radius 1 is 1.11 bits per heavy atom. The lowest BCUT2D eigenvalue weighted by Gasteiger charge is -2.35. The summed E-state index contributed by atoms with van der Waals surface area (Å²) in [5.74, 6) is -0.369. The number of carbonyl (C=O) groups excluding carboxylic acids is 1. The van der Waals surface area contributed by atoms with Crippen LogP contribution in [0.15, 0.2) is 0 Å². The molecule has 0 aliphatic carbocycles. The van der Waals surface area contributed by atoms with Gasteiger partial charge in [-0.25, -0.2) is 4.79 Å². The van der Waals surface area contributed by atoms with E-state index in [1.165, 1.54) is 0 Å². The summed E-state index contributed by atoms with van der Waals surface area (Å²) in [6.45, 7) is 15.0. The smallest absolute Gasteiger partial charge is 0.301 e. The fourth-order valence-corrected chi connectivity index (χ4v) is 2.26. The largest absolute Gasteiger partial charge is 0.345 e. The van der Waals surface area contributed by atoms with Crippen molar-refractivity contribution in [2.75, 3.05) is 0 Å². The first-order valence-electron chi connectivity index (χ1n) is 7.37. The lowest BCUT2D eigenvalue weighted by Crippen LogP contribution is -2.36. The molecular weight excluding hydrogens is 240 g/mol. The molecule has 0 saturated carbocycles. The van der Waals surface area contributed by atoms with Gasteiger partial charge < -0.3 is 4.89 Å². The molecule has 114 valence electrons. The molecule has 1 N–H and O–H groups in total. The summed E-state index contributed by atoms with van der Waals surface area (Å²) < 4.78 is 0. The van der Waals surface area contributed by atoms with Gasteiger partial charge in [-0.2, -0.15) is 5.26 Å². The second-order valence-corrected chi connectivity index (χ2v) is 7.75. The van der Waals surface area contributed by atoms with E-state index >= 15 is 0 Å². The Hall–Kier alpha value is -0.570. The Labute approximate surface area is 118 Å². The van der Waals surface area contributed by atoms with E-state index in [0.717, 1.165) is 25.7 Å². The van der Waals surface area contributed by atoms with E-state index in [2.05, 4.69) is 53.4 Å². The number of carbonyl (C=O) groups is 1. The van der Waals surface area contributed by atoms with Crippen LogP contribution in [0.1, 0.15) is 74.1 Å². The standard InChI is InChI=1S/C16H32O3/c1-12(2)16(6,7)13(14(17)19-18)10-8-9-11-15(3,4)5/h12-13,18H,8-11H2,1-7H3. The Bertz CT molecular complexity index is 274. The lowest BCUT2D eigenvalue weighted by atomic mass is 9.69. The SMILES string of the molecule is CC(C)C(C)(C)C(CCCCC(C)(C)C)C(=O)OO. The van der Waals surface area contributed by atoms with E-state index in [1.54, 1.807) is 0 Å². The first-order valence-corrected chi connectivity index (χ1v) is 7.37. The first kappa shape index (κ1) is 18.4. The van der Waals surface area contributed by atoms with E-state index in [4.69, 9.17) is 5.26 Å². The van der Waals surface area contributed by atoms with Gasteiger partial charge in [-0.1, -0.05) is 61.3 Å². The summed E-state index contributed by atoms with van der Waals surface area (Å²) in [6, 6.07) is 0. The van der Waals surface area contributed by atoms with Crippen molar-refractivity contribution in [3.8, 4) is 0 Å². The first-order chi connectivity index (χ1) is 8.52. The molecule has 0 aliphatic rings. The van der Waals surface area contributed by atoms with Crippen molar-refractivity contribution in [1.82, 2.24) is 0 Å². The van der Waals surface area contributed by atoms with Gasteiger partial charge >= 0.3 is 5.97 Å². The average Bonchev–Trinajstić information content (AvgIpc) is 2.26. The Morgan fingerprint density at radius 3 is 2.00 bits per heavy atom. The third kappa shape index (κ3) is 6.42. The predicted molar refractivity (Wildman–Crippen MR) is 78.8 cm³/mol. The van der Waals surface area contributed by atoms with Gasteiger partial charge in [-0.3, -0.25) is 0 Å². The molecule has 0 bridgehead atoms. The zero-order chi connectivity index (χ0) is 15.3. The number of hydrogen-bond acceptors (Lipinski definition) is 3. The summed E-state index contributed by atoms with van der Waals surface area (Å²) in [4.78, 5) is 15.8. The van der Waals surface area contributed by atoms with Crippen LogP contribution in [0.5, 0.6) is 0 Å². The highest BCUT2D eigenvalue weighted by Gasteiger charge is 2.38. The van der Waals surface area contributed by atoms with Crippen LogP contribution in [0.4, 0.5) is 0 Å². The van der Waals surface area contributed by atoms with Crippen molar-refractivity contribution in [2.24, 2.45) is 22.7 Å². The van der Waals surface area contributed by atoms with Crippen molar-refractivity contribution in [2.45, 2.75) is 74.1 Å². The van der Waals surface area contributed by atoms with Gasteiger partial charge in [0.25, 0.3) is 0 Å². The van der Waals surface area contributed by atoms with Gasteiger partial charge in [0, 0.05) is 0 Å². The second-order valence-electron chi connectivity index (χ2n) is 7.75. The molecule has 1 atom stereocenters. The molecule has 1 unspecified atom stereocenters. The van der Waals surface area contributed by atoms with Crippen LogP contribution in [0, 0.1) is 22.7 Å². The molecule has 19 heavy (non-hydrogen) atoms. The summed E-state index contributed by atoms with van der Waals surface area (Å²) in [5, 5.41) is 8.69. The summed E-state index contributed by atoms with van der Waals surface area (Å²) in [5.41, 5.74) is 0.169. The van der Waals surface area contributed by atoms with E-state index in [1.807, 2.05) is 0 Å². The summed E-state index contributed by atoms with van der Waals surface area (Å²) in [6.07, 6.45) is 4.02. The van der Waals surface area contributed by atoms with Crippen LogP contribution in [0.2, 0.25) is 0 Å². The van der Waals surface area contributed by atoms with Crippen LogP contribution in [0.3, 0.4) is 0 Å². The summed E-state index contributed by atoms with van der Waals surface area (Å²) in [7, 11) is 0. The van der Waals surface area contributed by atoms with Crippen LogP contribution < -0.4 is 0 Å². The Morgan fingerprint density at radius 2 is 1.63 bits per heavy atom. The Kier molecular flexibility index (Phi) is 7.06. The summed E-state index contributed by atoms with van der Waals surface area (Å²) >= 11 is 0. The Balaban J connectivity index is 4.51. The van der Waals surface area contributed by atoms with Crippen molar-refractivity contribution < 1.29 is 14.9 Å². The number of hydrogen-bond donors (Lipinski definition) is 1. The minimum absolute atomic E-state index is 0.165. The molecule has 3 heteroatoms. The van der Waals surface area contributed by atoms with E-state index < -0.39 is 5.97 Å². The van der Waals surface area contributed by atoms with Gasteiger partial charge in [-0.05, 0) is 29.6 Å². The van der Waals surface area contributed by atoms with E-state index in [0.29, 0.717) is 11.3 Å². The molecule has 0 aromatic carbocycles. The maximum atomic E-state index is 11.8. The third-order valence-corrected chi connectivity index (χ3v) is 4.43. The second kappa shape index (κ2) is 7.28. The van der Waals surface area contributed by atoms with Gasteiger partial charge in [-0.15, -0.1) is 0 Å². The highest BCUT2D eigenvalue weighted by molar-refractivity contribution is 5.72. The fraction of sp³-hybridized carbons (Fsp3) is 0.938. The zero-order valence-electron chi connectivity index (χ0n) is 13.7. The number of rotatable bonds is 7. The van der Waals surface area contributed by atoms with Crippen LogP contribution >= 0.6 is 0 Å². The zero-order valence-corrected chi connectivity index (χ0v) is 13.7. The van der Waals surface area contributed by atoms with Crippen molar-refractivity contribution in [3.63, 3.8) is 0 Å². The highest BCUT2D eigenvalue weighted by atomic mass is 17.1. The monoisotopic (exact) mass is 272 g/mol. The molecule has 3 nitrogen and oxygen atoms in total. The van der Waals surface area contributed by atoms with Gasteiger partial charge in [0.1, 0.15) is 0 Å². The molecule has 0 amide bonds. The van der Waals surface area contributed by atoms with Gasteiger partial charge in [0.2, 0.25) is 0 Å². The van der Waals surface area contributed by atoms with Crippen LogP contribution in [-0.2, 0) is 9.68 Å². The van der Waals surface area contributed by atoms with E-state index in [9.17, 15) is 4.79 Å². The third-order valence-electron chi connectivity index (χ3n) is 4.43. The maximum absolute atomic E-state index is 11.8. The van der Waals surface area contributed by atoms with Gasteiger partial charge in [0.05, 0.1) is 5.92 Å². The highest BCUT2D eigenvalue weighted by Crippen LogP contribution is 2.39. The minimum atomic E-state index is -0.491. The van der Waals surface area contributed by atoms with Crippen molar-refractivity contribution >= 4 is 5.97 Å². The predicted octanol–water partition coefficient (Wildman–Crippen LogP) is 4.91. The van der Waals surface area contributed by atoms with Crippen molar-refractivity contribution in [1.29, 1.82) is 0 Å². The van der Waals surface area contributed by atoms with Crippen LogP contribution in [0.25, 0.3) is 0 Å². The van der Waals surface area contributed by atoms with Crippen molar-refractivity contribution in [3.05, 3.63) is 0 Å². The normalized spacial score (nSPS) is 14.6.